The number of hydrogen-bond acceptors (Lipinski definition) is 3. The Labute approximate surface area is 270 Å². The first-order valence-corrected chi connectivity index (χ1v) is 15.2. The maximum absolute atomic E-state index is 11.6. The van der Waals surface area contributed by atoms with Gasteiger partial charge in [-0.2, -0.15) is 0 Å². The number of benzene rings is 3. The van der Waals surface area contributed by atoms with Gasteiger partial charge >= 0.3 is 5.97 Å². The standard InChI is InChI=1S/C41H26N4O2/c46-41(47)29-13-7-8-26(24-29)14-17-32-33-20-22-37(44-33)39(27-9-3-1-4-10-27)35-18-15-30(42-35)25-31-16-19-36(43-31)40(28-11-5-2-6-12-28)38-23-21-34(32)45-38/h1-13,15-16,18-25,42-43H,(H,46,47). The maximum atomic E-state index is 11.6. The second-order valence-electron chi connectivity index (χ2n) is 11.2. The van der Waals surface area contributed by atoms with Crippen molar-refractivity contribution in [2.75, 3.05) is 0 Å². The Morgan fingerprint density at radius 3 is 1.62 bits per heavy atom. The highest BCUT2D eigenvalue weighted by molar-refractivity contribution is 5.94. The lowest BCUT2D eigenvalue weighted by molar-refractivity contribution is 0.0697. The molecule has 8 rings (SSSR count). The normalized spacial score (nSPS) is 11.7. The van der Waals surface area contributed by atoms with Gasteiger partial charge in [-0.1, -0.05) is 78.6 Å². The van der Waals surface area contributed by atoms with Crippen molar-refractivity contribution in [1.82, 2.24) is 19.9 Å². The second-order valence-corrected chi connectivity index (χ2v) is 11.2. The van der Waals surface area contributed by atoms with Crippen LogP contribution in [-0.4, -0.2) is 31.0 Å². The van der Waals surface area contributed by atoms with Crippen molar-refractivity contribution in [2.24, 2.45) is 0 Å². The molecule has 0 unspecified atom stereocenters. The van der Waals surface area contributed by atoms with E-state index in [1.165, 1.54) is 0 Å². The van der Waals surface area contributed by atoms with Crippen LogP contribution in [0.25, 0.3) is 68.6 Å². The molecule has 0 amide bonds. The predicted octanol–water partition coefficient (Wildman–Crippen LogP) is 9.09. The Hall–Kier alpha value is -6.71. The number of aromatic amines is 2. The van der Waals surface area contributed by atoms with Gasteiger partial charge in [0.2, 0.25) is 0 Å². The number of aromatic carboxylic acids is 1. The summed E-state index contributed by atoms with van der Waals surface area (Å²) in [4.78, 5) is 29.1. The molecular weight excluding hydrogens is 580 g/mol. The molecule has 2 aliphatic heterocycles. The van der Waals surface area contributed by atoms with Crippen molar-refractivity contribution < 1.29 is 9.90 Å². The fraction of sp³-hybridized carbons (Fsp3) is 0. The summed E-state index contributed by atoms with van der Waals surface area (Å²) in [6.07, 6.45) is 7.96. The summed E-state index contributed by atoms with van der Waals surface area (Å²) in [7, 11) is 0. The van der Waals surface area contributed by atoms with E-state index in [9.17, 15) is 9.90 Å². The van der Waals surface area contributed by atoms with Gasteiger partial charge in [-0.3, -0.25) is 0 Å². The highest BCUT2D eigenvalue weighted by atomic mass is 16.4. The number of carboxylic acids is 1. The maximum Gasteiger partial charge on any atom is 0.335 e. The van der Waals surface area contributed by atoms with E-state index >= 15 is 0 Å². The third-order valence-corrected chi connectivity index (χ3v) is 8.14. The van der Waals surface area contributed by atoms with E-state index in [0.717, 1.165) is 55.7 Å². The van der Waals surface area contributed by atoms with Crippen LogP contribution in [-0.2, 0) is 0 Å². The van der Waals surface area contributed by atoms with E-state index < -0.39 is 5.97 Å². The summed E-state index contributed by atoms with van der Waals surface area (Å²) < 4.78 is 0. The van der Waals surface area contributed by atoms with Gasteiger partial charge in [-0.15, -0.1) is 0 Å². The third kappa shape index (κ3) is 5.43. The number of carboxylic acid groups (broad SMARTS) is 1. The van der Waals surface area contributed by atoms with Gasteiger partial charge in [0.25, 0.3) is 0 Å². The van der Waals surface area contributed by atoms with Crippen molar-refractivity contribution in [3.8, 4) is 34.1 Å². The van der Waals surface area contributed by atoms with Gasteiger partial charge in [-0.05, 0) is 84.0 Å². The van der Waals surface area contributed by atoms with Gasteiger partial charge in [0.1, 0.15) is 0 Å². The monoisotopic (exact) mass is 606 g/mol. The number of fused-ring (bicyclic) bond motifs is 8. The number of H-pyrrole nitrogens is 2. The zero-order chi connectivity index (χ0) is 31.7. The third-order valence-electron chi connectivity index (χ3n) is 8.14. The van der Waals surface area contributed by atoms with Crippen molar-refractivity contribution in [3.63, 3.8) is 0 Å². The first-order valence-electron chi connectivity index (χ1n) is 15.2. The average molecular weight is 607 g/mol. The summed E-state index contributed by atoms with van der Waals surface area (Å²) in [5.74, 6) is 5.50. The quantitative estimate of drug-likeness (QED) is 0.175. The van der Waals surface area contributed by atoms with E-state index in [1.54, 1.807) is 24.3 Å². The number of aromatic nitrogens is 4. The highest BCUT2D eigenvalue weighted by Crippen LogP contribution is 2.33. The molecule has 0 spiro atoms. The summed E-state index contributed by atoms with van der Waals surface area (Å²) in [5.41, 5.74) is 12.1. The molecule has 47 heavy (non-hydrogen) atoms. The van der Waals surface area contributed by atoms with E-state index in [0.29, 0.717) is 22.5 Å². The molecule has 6 heteroatoms. The van der Waals surface area contributed by atoms with Crippen LogP contribution in [0.5, 0.6) is 0 Å². The van der Waals surface area contributed by atoms with E-state index in [4.69, 9.17) is 9.97 Å². The van der Waals surface area contributed by atoms with Crippen molar-refractivity contribution in [1.29, 1.82) is 0 Å². The lowest BCUT2D eigenvalue weighted by Crippen LogP contribution is -1.95. The lowest BCUT2D eigenvalue weighted by Gasteiger charge is -2.04. The topological polar surface area (TPSA) is 94.7 Å². The fourth-order valence-corrected chi connectivity index (χ4v) is 5.95. The van der Waals surface area contributed by atoms with Crippen LogP contribution in [0.1, 0.15) is 44.3 Å². The van der Waals surface area contributed by atoms with Crippen molar-refractivity contribution in [2.45, 2.75) is 0 Å². The average Bonchev–Trinajstić information content (AvgIpc) is 3.93. The second kappa shape index (κ2) is 11.7. The van der Waals surface area contributed by atoms with Crippen molar-refractivity contribution in [3.05, 3.63) is 155 Å². The number of nitrogens with zero attached hydrogens (tertiary/aromatic N) is 2. The summed E-state index contributed by atoms with van der Waals surface area (Å²) in [5, 5.41) is 9.53. The summed E-state index contributed by atoms with van der Waals surface area (Å²) >= 11 is 0. The van der Waals surface area contributed by atoms with Crippen LogP contribution in [0.4, 0.5) is 0 Å². The molecule has 0 saturated carbocycles. The largest absolute Gasteiger partial charge is 0.478 e. The molecule has 3 N–H and O–H groups in total. The molecule has 222 valence electrons. The van der Waals surface area contributed by atoms with Gasteiger partial charge in [0.05, 0.1) is 33.9 Å². The summed E-state index contributed by atoms with van der Waals surface area (Å²) in [6.45, 7) is 0. The van der Waals surface area contributed by atoms with Crippen LogP contribution in [0.15, 0.2) is 115 Å². The van der Waals surface area contributed by atoms with E-state index in [2.05, 4.69) is 76.4 Å². The molecule has 0 radical (unpaired) electrons. The van der Waals surface area contributed by atoms with Crippen molar-refractivity contribution >= 4 is 52.3 Å². The molecule has 3 aromatic heterocycles. The molecular formula is C41H26N4O2. The first kappa shape index (κ1) is 27.8. The summed E-state index contributed by atoms with van der Waals surface area (Å²) in [6, 6.07) is 37.4. The molecule has 6 aromatic rings. The zero-order valence-corrected chi connectivity index (χ0v) is 25.0. The molecule has 3 aromatic carbocycles. The molecule has 0 saturated heterocycles. The fourth-order valence-electron chi connectivity index (χ4n) is 5.95. The van der Waals surface area contributed by atoms with Crippen LogP contribution in [0.2, 0.25) is 0 Å². The Kier molecular flexibility index (Phi) is 6.90. The van der Waals surface area contributed by atoms with Crippen LogP contribution < -0.4 is 0 Å². The Balaban J connectivity index is 1.48. The number of hydrogen-bond donors (Lipinski definition) is 3. The van der Waals surface area contributed by atoms with Gasteiger partial charge in [-0.25, -0.2) is 14.8 Å². The molecule has 5 heterocycles. The molecule has 0 atom stereocenters. The minimum Gasteiger partial charge on any atom is -0.478 e. The molecule has 0 fully saturated rings. The van der Waals surface area contributed by atoms with Gasteiger partial charge < -0.3 is 15.1 Å². The Morgan fingerprint density at radius 2 is 1.09 bits per heavy atom. The van der Waals surface area contributed by atoms with Gasteiger partial charge in [0.15, 0.2) is 0 Å². The van der Waals surface area contributed by atoms with Crippen LogP contribution >= 0.6 is 0 Å². The van der Waals surface area contributed by atoms with Crippen LogP contribution in [0.3, 0.4) is 0 Å². The molecule has 8 bridgehead atoms. The van der Waals surface area contributed by atoms with E-state index in [-0.39, 0.29) is 5.56 Å². The van der Waals surface area contributed by atoms with Gasteiger partial charge in [0, 0.05) is 38.8 Å². The van der Waals surface area contributed by atoms with Crippen LogP contribution in [0, 0.1) is 11.8 Å². The smallest absolute Gasteiger partial charge is 0.335 e. The van der Waals surface area contributed by atoms with E-state index in [1.807, 2.05) is 60.7 Å². The number of rotatable bonds is 3. The Morgan fingerprint density at radius 1 is 0.553 bits per heavy atom. The highest BCUT2D eigenvalue weighted by Gasteiger charge is 2.17. The minimum absolute atomic E-state index is 0.180. The minimum atomic E-state index is -0.999. The Bertz CT molecular complexity index is 2360. The first-order chi connectivity index (χ1) is 23.1. The predicted molar refractivity (Wildman–Crippen MR) is 189 cm³/mol. The molecule has 6 nitrogen and oxygen atoms in total. The lowest BCUT2D eigenvalue weighted by atomic mass is 10.0. The SMILES string of the molecule is O=C(O)c1cccc(C#Cc2c3nc(c(-c4ccccc4)c4ccc(cc5ccc([nH]5)c(-c5ccccc5)c5nc2C=C5)[nH]4)C=C3)c1. The molecule has 2 aliphatic rings. The number of carbonyl (C=O) groups is 1. The zero-order valence-electron chi connectivity index (χ0n) is 25.0. The number of nitrogens with one attached hydrogen (secondary N) is 2. The molecule has 0 aliphatic carbocycles.